The van der Waals surface area contributed by atoms with Crippen molar-refractivity contribution in [2.24, 2.45) is 13.0 Å². The number of carbonyl (C=O) groups excluding carboxylic acids is 1. The van der Waals surface area contributed by atoms with Gasteiger partial charge in [-0.2, -0.15) is 0 Å². The number of carbonyl (C=O) groups is 1. The van der Waals surface area contributed by atoms with Crippen molar-refractivity contribution in [3.05, 3.63) is 26.7 Å². The highest BCUT2D eigenvalue weighted by Gasteiger charge is 2.24. The standard InChI is InChI=1S/C18H28N6O4/c1-5-28-18(27)23-8-6-22(7-9-23)11-13-19-15-14(24(13)10-12(2)3)16(25)20-17(26)21(15)4/h12H,5-11H2,1-4H3,(H,20,25,26). The van der Waals surface area contributed by atoms with Crippen molar-refractivity contribution in [1.82, 2.24) is 28.9 Å². The molecule has 0 radical (unpaired) electrons. The molecule has 10 heteroatoms. The topological polar surface area (TPSA) is 105 Å². The first kappa shape index (κ1) is 20.1. The second-order valence-corrected chi connectivity index (χ2v) is 7.49. The Bertz CT molecular complexity index is 965. The highest BCUT2D eigenvalue weighted by atomic mass is 16.6. The lowest BCUT2D eigenvalue weighted by Gasteiger charge is -2.33. The molecule has 1 N–H and O–H groups in total. The molecule has 0 atom stereocenters. The number of aromatic amines is 1. The normalized spacial score (nSPS) is 15.5. The van der Waals surface area contributed by atoms with Gasteiger partial charge in [-0.15, -0.1) is 0 Å². The van der Waals surface area contributed by atoms with Crippen LogP contribution in [0.5, 0.6) is 0 Å². The van der Waals surface area contributed by atoms with Crippen molar-refractivity contribution in [1.29, 1.82) is 0 Å². The average molecular weight is 392 g/mol. The van der Waals surface area contributed by atoms with Crippen molar-refractivity contribution in [3.63, 3.8) is 0 Å². The molecule has 0 bridgehead atoms. The fourth-order valence-electron chi connectivity index (χ4n) is 3.47. The van der Waals surface area contributed by atoms with Crippen molar-refractivity contribution in [2.75, 3.05) is 32.8 Å². The molecular weight excluding hydrogens is 364 g/mol. The first-order valence-electron chi connectivity index (χ1n) is 9.64. The van der Waals surface area contributed by atoms with E-state index in [0.29, 0.717) is 63.0 Å². The number of imidazole rings is 1. The van der Waals surface area contributed by atoms with E-state index in [-0.39, 0.29) is 6.09 Å². The SMILES string of the molecule is CCOC(=O)N1CCN(Cc2nc3c(c(=O)[nH]c(=O)n3C)n2CC(C)C)CC1. The van der Waals surface area contributed by atoms with Gasteiger partial charge < -0.3 is 14.2 Å². The molecule has 0 aliphatic carbocycles. The predicted molar refractivity (Wildman–Crippen MR) is 104 cm³/mol. The van der Waals surface area contributed by atoms with Crippen molar-refractivity contribution < 1.29 is 9.53 Å². The molecule has 0 unspecified atom stereocenters. The van der Waals surface area contributed by atoms with Gasteiger partial charge in [-0.1, -0.05) is 13.8 Å². The summed E-state index contributed by atoms with van der Waals surface area (Å²) in [5.41, 5.74) is -0.0588. The third-order valence-corrected chi connectivity index (χ3v) is 4.90. The van der Waals surface area contributed by atoms with Gasteiger partial charge in [-0.25, -0.2) is 14.6 Å². The maximum Gasteiger partial charge on any atom is 0.409 e. The zero-order valence-electron chi connectivity index (χ0n) is 16.9. The summed E-state index contributed by atoms with van der Waals surface area (Å²) < 4.78 is 8.34. The van der Waals surface area contributed by atoms with Crippen LogP contribution in [0.25, 0.3) is 11.2 Å². The summed E-state index contributed by atoms with van der Waals surface area (Å²) >= 11 is 0. The summed E-state index contributed by atoms with van der Waals surface area (Å²) in [4.78, 5) is 47.1. The number of H-pyrrole nitrogens is 1. The van der Waals surface area contributed by atoms with Gasteiger partial charge in [0.2, 0.25) is 0 Å². The van der Waals surface area contributed by atoms with E-state index in [0.717, 1.165) is 5.82 Å². The number of hydrogen-bond donors (Lipinski definition) is 1. The van der Waals surface area contributed by atoms with Crippen LogP contribution >= 0.6 is 0 Å². The van der Waals surface area contributed by atoms with E-state index in [1.807, 2.05) is 4.57 Å². The minimum Gasteiger partial charge on any atom is -0.450 e. The molecular formula is C18H28N6O4. The van der Waals surface area contributed by atoms with E-state index in [1.54, 1.807) is 18.9 Å². The van der Waals surface area contributed by atoms with Gasteiger partial charge >= 0.3 is 11.8 Å². The maximum atomic E-state index is 12.4. The summed E-state index contributed by atoms with van der Waals surface area (Å²) in [6, 6.07) is 0. The van der Waals surface area contributed by atoms with Gasteiger partial charge in [0.25, 0.3) is 5.56 Å². The summed E-state index contributed by atoms with van der Waals surface area (Å²) in [6.07, 6.45) is -0.282. The first-order valence-corrected chi connectivity index (χ1v) is 9.64. The number of hydrogen-bond acceptors (Lipinski definition) is 6. The Morgan fingerprint density at radius 3 is 2.50 bits per heavy atom. The molecule has 1 aliphatic heterocycles. The number of aromatic nitrogens is 4. The van der Waals surface area contributed by atoms with Gasteiger partial charge in [-0.3, -0.25) is 19.2 Å². The fourth-order valence-corrected chi connectivity index (χ4v) is 3.47. The average Bonchev–Trinajstić information content (AvgIpc) is 2.99. The lowest BCUT2D eigenvalue weighted by Crippen LogP contribution is -2.48. The number of nitrogens with one attached hydrogen (secondary N) is 1. The van der Waals surface area contributed by atoms with Crippen molar-refractivity contribution >= 4 is 17.3 Å². The lowest BCUT2D eigenvalue weighted by molar-refractivity contribution is 0.0768. The molecule has 10 nitrogen and oxygen atoms in total. The lowest BCUT2D eigenvalue weighted by atomic mass is 10.2. The molecule has 1 fully saturated rings. The largest absolute Gasteiger partial charge is 0.450 e. The molecule has 3 heterocycles. The minimum atomic E-state index is -0.471. The Hall–Kier alpha value is -2.62. The second kappa shape index (κ2) is 8.17. The van der Waals surface area contributed by atoms with Crippen LogP contribution in [0, 0.1) is 5.92 Å². The maximum absolute atomic E-state index is 12.4. The summed E-state index contributed by atoms with van der Waals surface area (Å²) in [7, 11) is 1.61. The molecule has 1 saturated heterocycles. The van der Waals surface area contributed by atoms with E-state index in [1.165, 1.54) is 4.57 Å². The van der Waals surface area contributed by atoms with E-state index in [9.17, 15) is 14.4 Å². The van der Waals surface area contributed by atoms with Gasteiger partial charge in [-0.05, 0) is 12.8 Å². The molecule has 0 saturated carbocycles. The van der Waals surface area contributed by atoms with Crippen LogP contribution < -0.4 is 11.2 Å². The van der Waals surface area contributed by atoms with Crippen LogP contribution in [0.3, 0.4) is 0 Å². The van der Waals surface area contributed by atoms with Gasteiger partial charge in [0, 0.05) is 39.8 Å². The van der Waals surface area contributed by atoms with Crippen LogP contribution in [0.2, 0.25) is 0 Å². The Morgan fingerprint density at radius 1 is 1.21 bits per heavy atom. The first-order chi connectivity index (χ1) is 13.3. The van der Waals surface area contributed by atoms with E-state index < -0.39 is 11.2 Å². The number of ether oxygens (including phenoxy) is 1. The Labute approximate surface area is 162 Å². The zero-order chi connectivity index (χ0) is 20.4. The Balaban J connectivity index is 1.86. The van der Waals surface area contributed by atoms with Gasteiger partial charge in [0.15, 0.2) is 11.2 Å². The minimum absolute atomic E-state index is 0.282. The monoisotopic (exact) mass is 392 g/mol. The van der Waals surface area contributed by atoms with E-state index in [4.69, 9.17) is 4.74 Å². The third-order valence-electron chi connectivity index (χ3n) is 4.90. The summed E-state index contributed by atoms with van der Waals surface area (Å²) in [6.45, 7) is 10.0. The molecule has 0 aromatic carbocycles. The van der Waals surface area contributed by atoms with Gasteiger partial charge in [0.1, 0.15) is 5.82 Å². The molecule has 3 rings (SSSR count). The van der Waals surface area contributed by atoms with Crippen LogP contribution in [0.4, 0.5) is 4.79 Å². The van der Waals surface area contributed by atoms with Crippen LogP contribution in [-0.4, -0.2) is 67.8 Å². The molecule has 1 aliphatic rings. The molecule has 1 amide bonds. The predicted octanol–water partition coefficient (Wildman–Crippen LogP) is 0.353. The third kappa shape index (κ3) is 3.96. The number of piperazine rings is 1. The number of amides is 1. The Morgan fingerprint density at radius 2 is 1.89 bits per heavy atom. The number of rotatable bonds is 5. The number of aryl methyl sites for hydroxylation is 1. The highest BCUT2D eigenvalue weighted by molar-refractivity contribution is 5.71. The van der Waals surface area contributed by atoms with E-state index >= 15 is 0 Å². The fraction of sp³-hybridized carbons (Fsp3) is 0.667. The Kier molecular flexibility index (Phi) is 5.87. The van der Waals surface area contributed by atoms with E-state index in [2.05, 4.69) is 28.7 Å². The molecule has 2 aromatic heterocycles. The van der Waals surface area contributed by atoms with Crippen molar-refractivity contribution in [3.8, 4) is 0 Å². The number of fused-ring (bicyclic) bond motifs is 1. The van der Waals surface area contributed by atoms with Crippen LogP contribution in [0.15, 0.2) is 9.59 Å². The zero-order valence-corrected chi connectivity index (χ0v) is 16.9. The summed E-state index contributed by atoms with van der Waals surface area (Å²) in [5, 5.41) is 0. The summed E-state index contributed by atoms with van der Waals surface area (Å²) in [5.74, 6) is 1.06. The molecule has 154 valence electrons. The quantitative estimate of drug-likeness (QED) is 0.787. The van der Waals surface area contributed by atoms with Gasteiger partial charge in [0.05, 0.1) is 13.2 Å². The van der Waals surface area contributed by atoms with Crippen LogP contribution in [-0.2, 0) is 24.9 Å². The van der Waals surface area contributed by atoms with Crippen LogP contribution in [0.1, 0.15) is 26.6 Å². The molecule has 2 aromatic rings. The molecule has 28 heavy (non-hydrogen) atoms. The second-order valence-electron chi connectivity index (χ2n) is 7.49. The van der Waals surface area contributed by atoms with Crippen molar-refractivity contribution in [2.45, 2.75) is 33.9 Å². The number of nitrogens with zero attached hydrogens (tertiary/aromatic N) is 5. The highest BCUT2D eigenvalue weighted by Crippen LogP contribution is 2.16. The molecule has 0 spiro atoms. The smallest absolute Gasteiger partial charge is 0.409 e.